The Hall–Kier alpha value is -0.653. The quantitative estimate of drug-likeness (QED) is 0.864. The molecule has 0 aromatic heterocycles. The Morgan fingerprint density at radius 3 is 2.40 bits per heavy atom. The molecule has 2 rings (SSSR count). The third kappa shape index (κ3) is 4.43. The molecule has 0 saturated carbocycles. The van der Waals surface area contributed by atoms with Gasteiger partial charge in [-0.05, 0) is 18.4 Å². The lowest BCUT2D eigenvalue weighted by atomic mass is 10.1. The zero-order chi connectivity index (χ0) is 14.8. The molecule has 1 heterocycles. The highest BCUT2D eigenvalue weighted by atomic mass is 32.2. The van der Waals surface area contributed by atoms with E-state index in [1.165, 1.54) is 10.8 Å². The van der Waals surface area contributed by atoms with Crippen LogP contribution in [0.15, 0.2) is 24.3 Å². The normalized spacial score (nSPS) is 22.6. The first-order valence-corrected chi connectivity index (χ1v) is 12.6. The van der Waals surface area contributed by atoms with E-state index in [2.05, 4.69) is 49.2 Å². The van der Waals surface area contributed by atoms with Crippen LogP contribution < -0.4 is 10.5 Å². The molecular formula is C15H25NO2SSi. The van der Waals surface area contributed by atoms with Crippen molar-refractivity contribution in [2.24, 2.45) is 0 Å². The molecule has 3 nitrogen and oxygen atoms in total. The van der Waals surface area contributed by atoms with Crippen molar-refractivity contribution in [2.45, 2.75) is 45.1 Å². The number of rotatable bonds is 4. The summed E-state index contributed by atoms with van der Waals surface area (Å²) in [6.07, 6.45) is 1.75. The van der Waals surface area contributed by atoms with Crippen molar-refractivity contribution < 1.29 is 8.42 Å². The van der Waals surface area contributed by atoms with Crippen molar-refractivity contribution >= 4 is 23.1 Å². The molecule has 1 aromatic rings. The molecule has 0 aliphatic carbocycles. The molecule has 1 aliphatic heterocycles. The van der Waals surface area contributed by atoms with Gasteiger partial charge in [0, 0.05) is 12.6 Å². The summed E-state index contributed by atoms with van der Waals surface area (Å²) in [5.41, 5.74) is 1.23. The van der Waals surface area contributed by atoms with Gasteiger partial charge in [-0.15, -0.1) is 0 Å². The van der Waals surface area contributed by atoms with E-state index in [0.717, 1.165) is 19.4 Å². The molecule has 1 saturated heterocycles. The third-order valence-electron chi connectivity index (χ3n) is 3.88. The fraction of sp³-hybridized carbons (Fsp3) is 0.600. The van der Waals surface area contributed by atoms with Crippen molar-refractivity contribution in [1.29, 1.82) is 0 Å². The largest absolute Gasteiger partial charge is 0.309 e. The zero-order valence-corrected chi connectivity index (χ0v) is 14.5. The minimum atomic E-state index is -2.82. The lowest BCUT2D eigenvalue weighted by Gasteiger charge is -2.23. The third-order valence-corrected chi connectivity index (χ3v) is 7.76. The van der Waals surface area contributed by atoms with Gasteiger partial charge in [0.1, 0.15) is 0 Å². The molecule has 0 radical (unpaired) electrons. The smallest absolute Gasteiger partial charge is 0.151 e. The first-order chi connectivity index (χ1) is 9.26. The van der Waals surface area contributed by atoms with Crippen molar-refractivity contribution in [1.82, 2.24) is 5.32 Å². The first kappa shape index (κ1) is 15.7. The van der Waals surface area contributed by atoms with Crippen molar-refractivity contribution in [3.63, 3.8) is 0 Å². The Balaban J connectivity index is 1.91. The van der Waals surface area contributed by atoms with E-state index in [4.69, 9.17) is 0 Å². The summed E-state index contributed by atoms with van der Waals surface area (Å²) in [7, 11) is -4.05. The molecule has 1 aliphatic rings. The molecule has 0 amide bonds. The average molecular weight is 312 g/mol. The molecule has 1 fully saturated rings. The lowest BCUT2D eigenvalue weighted by molar-refractivity contribution is 0.480. The van der Waals surface area contributed by atoms with Gasteiger partial charge < -0.3 is 5.32 Å². The summed E-state index contributed by atoms with van der Waals surface area (Å²) in [4.78, 5) is 0. The van der Waals surface area contributed by atoms with Gasteiger partial charge in [-0.25, -0.2) is 8.42 Å². The van der Waals surface area contributed by atoms with Gasteiger partial charge in [0.15, 0.2) is 9.84 Å². The second-order valence-corrected chi connectivity index (χ2v) is 14.1. The average Bonchev–Trinajstić information content (AvgIpc) is 2.35. The van der Waals surface area contributed by atoms with E-state index in [0.29, 0.717) is 11.5 Å². The van der Waals surface area contributed by atoms with E-state index >= 15 is 0 Å². The van der Waals surface area contributed by atoms with Crippen molar-refractivity contribution in [3.05, 3.63) is 29.8 Å². The van der Waals surface area contributed by atoms with Crippen LogP contribution in [0.2, 0.25) is 19.6 Å². The highest BCUT2D eigenvalue weighted by Gasteiger charge is 2.24. The van der Waals surface area contributed by atoms with Gasteiger partial charge in [0.05, 0.1) is 19.6 Å². The minimum Gasteiger partial charge on any atom is -0.309 e. The molecule has 1 atom stereocenters. The number of benzene rings is 1. The van der Waals surface area contributed by atoms with Crippen LogP contribution in [0.25, 0.3) is 0 Å². The topological polar surface area (TPSA) is 46.2 Å². The number of hydrogen-bond acceptors (Lipinski definition) is 3. The summed E-state index contributed by atoms with van der Waals surface area (Å²) in [5, 5.41) is 4.84. The fourth-order valence-electron chi connectivity index (χ4n) is 2.57. The Labute approximate surface area is 123 Å². The first-order valence-electron chi connectivity index (χ1n) is 7.29. The van der Waals surface area contributed by atoms with Gasteiger partial charge in [-0.3, -0.25) is 0 Å². The van der Waals surface area contributed by atoms with Crippen molar-refractivity contribution in [2.75, 3.05) is 11.5 Å². The van der Waals surface area contributed by atoms with Crippen LogP contribution in [0.4, 0.5) is 0 Å². The molecule has 112 valence electrons. The van der Waals surface area contributed by atoms with E-state index < -0.39 is 17.9 Å². The lowest BCUT2D eigenvalue weighted by Crippen LogP contribution is -2.40. The maximum absolute atomic E-state index is 11.6. The van der Waals surface area contributed by atoms with Gasteiger partial charge in [0.25, 0.3) is 0 Å². The molecule has 0 bridgehead atoms. The van der Waals surface area contributed by atoms with Crippen LogP contribution >= 0.6 is 0 Å². The van der Waals surface area contributed by atoms with Gasteiger partial charge in [-0.1, -0.05) is 49.1 Å². The standard InChI is InChI=1S/C15H25NO2SSi/c1-20(2,3)15-8-6-13(7-9-15)11-16-14-5-4-10-19(17,18)12-14/h6-9,14,16H,4-5,10-12H2,1-3H3. The SMILES string of the molecule is C[Si](C)(C)c1ccc(CNC2CCCS(=O)(=O)C2)cc1. The molecule has 5 heteroatoms. The summed E-state index contributed by atoms with van der Waals surface area (Å²) >= 11 is 0. The molecule has 20 heavy (non-hydrogen) atoms. The van der Waals surface area contributed by atoms with Crippen LogP contribution in [0.1, 0.15) is 18.4 Å². The Morgan fingerprint density at radius 1 is 1.20 bits per heavy atom. The van der Waals surface area contributed by atoms with E-state index in [1.54, 1.807) is 0 Å². The van der Waals surface area contributed by atoms with E-state index in [-0.39, 0.29) is 6.04 Å². The Kier molecular flexibility index (Phi) is 4.72. The maximum Gasteiger partial charge on any atom is 0.151 e. The Bertz CT molecular complexity index is 546. The molecule has 1 aromatic carbocycles. The summed E-state index contributed by atoms with van der Waals surface area (Å²) in [6.45, 7) is 7.78. The zero-order valence-electron chi connectivity index (χ0n) is 12.6. The summed E-state index contributed by atoms with van der Waals surface area (Å²) in [5.74, 6) is 0.649. The maximum atomic E-state index is 11.6. The predicted octanol–water partition coefficient (Wildman–Crippen LogP) is 1.90. The second-order valence-electron chi connectivity index (χ2n) is 6.78. The fourth-order valence-corrected chi connectivity index (χ4v) is 5.41. The molecular weight excluding hydrogens is 286 g/mol. The van der Waals surface area contributed by atoms with Crippen LogP contribution in [0.3, 0.4) is 0 Å². The van der Waals surface area contributed by atoms with E-state index in [9.17, 15) is 8.42 Å². The second kappa shape index (κ2) is 5.99. The number of sulfone groups is 1. The monoisotopic (exact) mass is 311 g/mol. The highest BCUT2D eigenvalue weighted by Crippen LogP contribution is 2.13. The molecule has 1 unspecified atom stereocenters. The van der Waals surface area contributed by atoms with Crippen LogP contribution in [-0.2, 0) is 16.4 Å². The van der Waals surface area contributed by atoms with Gasteiger partial charge >= 0.3 is 0 Å². The van der Waals surface area contributed by atoms with Crippen LogP contribution in [-0.4, -0.2) is 34.0 Å². The van der Waals surface area contributed by atoms with Crippen LogP contribution in [0.5, 0.6) is 0 Å². The van der Waals surface area contributed by atoms with E-state index in [1.807, 2.05) is 0 Å². The number of hydrogen-bond donors (Lipinski definition) is 1. The molecule has 1 N–H and O–H groups in total. The summed E-state index contributed by atoms with van der Waals surface area (Å²) in [6, 6.07) is 8.89. The Morgan fingerprint density at radius 2 is 1.85 bits per heavy atom. The van der Waals surface area contributed by atoms with Gasteiger partial charge in [0.2, 0.25) is 0 Å². The number of nitrogens with one attached hydrogen (secondary N) is 1. The highest BCUT2D eigenvalue weighted by molar-refractivity contribution is 7.91. The minimum absolute atomic E-state index is 0.116. The van der Waals surface area contributed by atoms with Gasteiger partial charge in [-0.2, -0.15) is 0 Å². The predicted molar refractivity (Wildman–Crippen MR) is 87.9 cm³/mol. The van der Waals surface area contributed by atoms with Crippen molar-refractivity contribution in [3.8, 4) is 0 Å². The summed E-state index contributed by atoms with van der Waals surface area (Å²) < 4.78 is 23.2. The van der Waals surface area contributed by atoms with Crippen LogP contribution in [0, 0.1) is 0 Å². The molecule has 0 spiro atoms.